The molecule has 2 heterocycles. The van der Waals surface area contributed by atoms with Gasteiger partial charge in [0, 0.05) is 0 Å². The van der Waals surface area contributed by atoms with Crippen molar-refractivity contribution in [3.63, 3.8) is 0 Å². The quantitative estimate of drug-likeness (QED) is 0.837. The van der Waals surface area contributed by atoms with Gasteiger partial charge in [-0.25, -0.2) is 9.97 Å². The van der Waals surface area contributed by atoms with Gasteiger partial charge in [0.1, 0.15) is 17.0 Å². The third-order valence-corrected chi connectivity index (χ3v) is 2.82. The van der Waals surface area contributed by atoms with E-state index in [9.17, 15) is 4.39 Å². The summed E-state index contributed by atoms with van der Waals surface area (Å²) < 4.78 is 9.50. The van der Waals surface area contributed by atoms with Crippen LogP contribution in [0.2, 0.25) is 0 Å². The number of unbranched alkanes of at least 4 members (excludes halogenated alkanes) is 2. The van der Waals surface area contributed by atoms with Gasteiger partial charge in [0.05, 0.1) is 12.6 Å². The molecule has 2 aromatic rings. The Morgan fingerprint density at radius 3 is 2.16 bits per heavy atom. The highest BCUT2D eigenvalue weighted by Crippen LogP contribution is 2.20. The fourth-order valence-electron chi connectivity index (χ4n) is 1.16. The molecule has 0 unspecified atom stereocenters. The Morgan fingerprint density at radius 2 is 1.74 bits per heavy atom. The average molecular weight is 287 g/mol. The smallest absolute Gasteiger partial charge is 0.135 e. The molecule has 0 spiro atoms. The van der Waals surface area contributed by atoms with Crippen molar-refractivity contribution in [3.8, 4) is 0 Å². The zero-order valence-electron chi connectivity index (χ0n) is 12.6. The molecular weight excluding hydrogens is 261 g/mol. The van der Waals surface area contributed by atoms with E-state index in [2.05, 4.69) is 23.8 Å². The van der Waals surface area contributed by atoms with Crippen LogP contribution >= 0.6 is 11.3 Å². The van der Waals surface area contributed by atoms with Gasteiger partial charge in [-0.15, -0.1) is 11.3 Å². The summed E-state index contributed by atoms with van der Waals surface area (Å²) in [5.41, 5.74) is 5.56. The van der Waals surface area contributed by atoms with Crippen LogP contribution in [0.5, 0.6) is 0 Å². The monoisotopic (exact) mass is 287 g/mol. The maximum atomic E-state index is 9.50. The maximum Gasteiger partial charge on any atom is 0.135 e. The summed E-state index contributed by atoms with van der Waals surface area (Å²) in [5, 5.41) is 2.91. The number of hydrogen-bond acceptors (Lipinski definition) is 4. The van der Waals surface area contributed by atoms with Crippen LogP contribution in [0.4, 0.5) is 10.2 Å². The maximum absolute atomic E-state index is 9.50. The van der Waals surface area contributed by atoms with Crippen LogP contribution in [0.15, 0.2) is 17.8 Å². The number of hydrogen-bond donors (Lipinski definition) is 1. The van der Waals surface area contributed by atoms with Crippen molar-refractivity contribution in [2.75, 3.05) is 12.9 Å². The number of nitrogens with zero attached hydrogens (tertiary/aromatic N) is 2. The van der Waals surface area contributed by atoms with E-state index in [1.807, 2.05) is 25.3 Å². The molecule has 2 rings (SSSR count). The Balaban J connectivity index is 0. The molecule has 0 aliphatic heterocycles. The van der Waals surface area contributed by atoms with Crippen LogP contribution in [0.1, 0.15) is 47.0 Å². The Hall–Kier alpha value is -1.23. The summed E-state index contributed by atoms with van der Waals surface area (Å²) in [5.74, 6) is 0.561. The molecule has 0 bridgehead atoms. The second kappa shape index (κ2) is 14.8. The van der Waals surface area contributed by atoms with Crippen molar-refractivity contribution in [2.24, 2.45) is 0 Å². The molecule has 0 amide bonds. The zero-order chi connectivity index (χ0) is 15.1. The standard InChI is InChI=1S/C6H5N3S.C5H12.C2H6.CH3F/c7-5-4-1-2-10-6(4)9-3-8-5;1-3-5-4-2;2*1-2/h1-3H,(H2,7,8,9);3-5H2,1-2H3;1-2H3;1H3. The molecule has 0 radical (unpaired) electrons. The third kappa shape index (κ3) is 8.48. The topological polar surface area (TPSA) is 51.8 Å². The number of rotatable bonds is 2. The SMILES string of the molecule is CC.CCCCC.CF.Nc1ncnc2sccc12. The second-order valence-electron chi connectivity index (χ2n) is 3.25. The first kappa shape index (κ1) is 20.1. The van der Waals surface area contributed by atoms with E-state index in [-0.39, 0.29) is 0 Å². The zero-order valence-corrected chi connectivity index (χ0v) is 13.4. The number of fused-ring (bicyclic) bond motifs is 1. The van der Waals surface area contributed by atoms with Gasteiger partial charge in [0.2, 0.25) is 0 Å². The number of anilines is 1. The Morgan fingerprint density at radius 1 is 1.16 bits per heavy atom. The molecule has 0 aliphatic rings. The lowest BCUT2D eigenvalue weighted by atomic mass is 10.3. The van der Waals surface area contributed by atoms with Gasteiger partial charge >= 0.3 is 0 Å². The molecule has 0 saturated carbocycles. The van der Waals surface area contributed by atoms with Gasteiger partial charge in [-0.2, -0.15) is 0 Å². The minimum absolute atomic E-state index is 0.500. The lowest BCUT2D eigenvalue weighted by molar-refractivity contribution is 0.636. The van der Waals surface area contributed by atoms with Crippen LogP contribution in [0, 0.1) is 0 Å². The fraction of sp³-hybridized carbons (Fsp3) is 0.571. The van der Waals surface area contributed by atoms with Crippen LogP contribution in [0.25, 0.3) is 10.2 Å². The van der Waals surface area contributed by atoms with Crippen LogP contribution in [-0.4, -0.2) is 17.1 Å². The summed E-state index contributed by atoms with van der Waals surface area (Å²) in [4.78, 5) is 8.83. The minimum atomic E-state index is 0.500. The Labute approximate surface area is 120 Å². The lowest BCUT2D eigenvalue weighted by Gasteiger charge is -1.90. The molecule has 0 fully saturated rings. The van der Waals surface area contributed by atoms with Crippen molar-refractivity contribution in [1.29, 1.82) is 0 Å². The number of nitrogen functional groups attached to an aromatic ring is 1. The predicted octanol–water partition coefficient (Wildman–Crippen LogP) is 5.08. The highest BCUT2D eigenvalue weighted by molar-refractivity contribution is 7.16. The molecule has 110 valence electrons. The van der Waals surface area contributed by atoms with E-state index < -0.39 is 0 Å². The number of halogens is 1. The summed E-state index contributed by atoms with van der Waals surface area (Å²) in [6.07, 6.45) is 5.56. The van der Waals surface area contributed by atoms with Crippen molar-refractivity contribution in [1.82, 2.24) is 9.97 Å². The van der Waals surface area contributed by atoms with E-state index in [1.165, 1.54) is 25.6 Å². The highest BCUT2D eigenvalue weighted by atomic mass is 32.1. The average Bonchev–Trinajstić information content (AvgIpc) is 2.95. The van der Waals surface area contributed by atoms with Crippen molar-refractivity contribution < 1.29 is 4.39 Å². The predicted molar refractivity (Wildman–Crippen MR) is 85.4 cm³/mol. The molecule has 0 atom stereocenters. The number of alkyl halides is 1. The van der Waals surface area contributed by atoms with E-state index >= 15 is 0 Å². The van der Waals surface area contributed by atoms with Crippen LogP contribution in [0.3, 0.4) is 0 Å². The first-order valence-electron chi connectivity index (χ1n) is 6.61. The summed E-state index contributed by atoms with van der Waals surface area (Å²) in [6.45, 7) is 8.42. The van der Waals surface area contributed by atoms with Crippen LogP contribution in [-0.2, 0) is 0 Å². The molecule has 19 heavy (non-hydrogen) atoms. The van der Waals surface area contributed by atoms with Gasteiger partial charge in [-0.1, -0.05) is 47.0 Å². The van der Waals surface area contributed by atoms with Crippen LogP contribution < -0.4 is 5.73 Å². The Bertz CT molecular complexity index is 402. The normalized spacial score (nSPS) is 8.32. The Kier molecular flexibility index (Phi) is 15.7. The van der Waals surface area contributed by atoms with Crippen molar-refractivity contribution in [3.05, 3.63) is 17.8 Å². The molecular formula is C14H26FN3S. The van der Waals surface area contributed by atoms with Gasteiger partial charge < -0.3 is 5.73 Å². The molecule has 0 aromatic carbocycles. The molecule has 0 aliphatic carbocycles. The summed E-state index contributed by atoms with van der Waals surface area (Å²) >= 11 is 1.57. The summed E-state index contributed by atoms with van der Waals surface area (Å²) in [7, 11) is 0.500. The fourth-order valence-corrected chi connectivity index (χ4v) is 1.90. The minimum Gasteiger partial charge on any atom is -0.383 e. The molecule has 3 nitrogen and oxygen atoms in total. The molecule has 5 heteroatoms. The molecule has 2 N–H and O–H groups in total. The van der Waals surface area contributed by atoms with E-state index in [4.69, 9.17) is 5.73 Å². The van der Waals surface area contributed by atoms with Gasteiger partial charge in [0.15, 0.2) is 0 Å². The molecule has 0 saturated heterocycles. The lowest BCUT2D eigenvalue weighted by Crippen LogP contribution is -1.89. The molecule has 2 aromatic heterocycles. The third-order valence-electron chi connectivity index (χ3n) is 2.00. The van der Waals surface area contributed by atoms with Crippen molar-refractivity contribution >= 4 is 27.4 Å². The van der Waals surface area contributed by atoms with E-state index in [0.29, 0.717) is 13.0 Å². The number of thiophene rings is 1. The number of nitrogens with two attached hydrogens (primary N) is 1. The second-order valence-corrected chi connectivity index (χ2v) is 4.15. The highest BCUT2D eigenvalue weighted by Gasteiger charge is 1.98. The first-order valence-corrected chi connectivity index (χ1v) is 7.49. The van der Waals surface area contributed by atoms with E-state index in [0.717, 1.165) is 10.2 Å². The van der Waals surface area contributed by atoms with Gasteiger partial charge in [-0.05, 0) is 11.4 Å². The summed E-state index contributed by atoms with van der Waals surface area (Å²) in [6, 6.07) is 1.93. The first-order chi connectivity index (χ1) is 9.29. The van der Waals surface area contributed by atoms with Gasteiger partial charge in [-0.3, -0.25) is 4.39 Å². The van der Waals surface area contributed by atoms with Crippen molar-refractivity contribution in [2.45, 2.75) is 47.0 Å². The number of aromatic nitrogens is 2. The van der Waals surface area contributed by atoms with Gasteiger partial charge in [0.25, 0.3) is 0 Å². The largest absolute Gasteiger partial charge is 0.383 e. The van der Waals surface area contributed by atoms with E-state index in [1.54, 1.807) is 11.3 Å².